The highest BCUT2D eigenvalue weighted by Gasteiger charge is 2.09. The zero-order chi connectivity index (χ0) is 11.0. The summed E-state index contributed by atoms with van der Waals surface area (Å²) in [6.45, 7) is 18.3. The van der Waals surface area contributed by atoms with Crippen LogP contribution in [0, 0.1) is 20.4 Å². The second-order valence-electron chi connectivity index (χ2n) is 3.04. The van der Waals surface area contributed by atoms with E-state index in [4.69, 9.17) is 20.4 Å². The summed E-state index contributed by atoms with van der Waals surface area (Å²) < 4.78 is 0.724. The zero-order valence-corrected chi connectivity index (χ0v) is 9.25. The van der Waals surface area contributed by atoms with Gasteiger partial charge in [-0.1, -0.05) is 12.6 Å². The van der Waals surface area contributed by atoms with Crippen LogP contribution in [0.4, 0.5) is 5.82 Å². The van der Waals surface area contributed by atoms with E-state index in [0.29, 0.717) is 22.5 Å². The van der Waals surface area contributed by atoms with Gasteiger partial charge in [0.15, 0.2) is 5.52 Å². The number of rotatable bonds is 0. The Hall–Kier alpha value is -1.40. The maximum atomic E-state index is 6.86. The Balaban J connectivity index is 2.87. The molecule has 0 amide bonds. The summed E-state index contributed by atoms with van der Waals surface area (Å²) in [7, 11) is 0. The Morgan fingerprint density at radius 2 is 2.07 bits per heavy atom. The molecular weight excluding hydrogens is 252 g/mol. The molecule has 15 heavy (non-hydrogen) atoms. The molecule has 1 heterocycles. The van der Waals surface area contributed by atoms with Gasteiger partial charge < -0.3 is 4.85 Å². The average molecular weight is 257 g/mol. The normalized spacial score (nSPS) is 10.3. The molecule has 4 radical (unpaired) electrons. The van der Waals surface area contributed by atoms with Crippen LogP contribution in [0.25, 0.3) is 15.7 Å². The van der Waals surface area contributed by atoms with E-state index in [-0.39, 0.29) is 0 Å². The average Bonchev–Trinajstić information content (AvgIpc) is 2.25. The van der Waals surface area contributed by atoms with Crippen molar-refractivity contribution < 1.29 is 0 Å². The molecule has 3 heteroatoms. The number of hydrogen-bond donors (Lipinski definition) is 0. The molecule has 2 aromatic rings. The molecular formula is C12H5BrN2. The monoisotopic (exact) mass is 256 g/mol. The predicted octanol–water partition coefficient (Wildman–Crippen LogP) is 3.67. The Bertz CT molecular complexity index is 582. The predicted molar refractivity (Wildman–Crippen MR) is 62.5 cm³/mol. The summed E-state index contributed by atoms with van der Waals surface area (Å²) >= 11 is 3.36. The lowest BCUT2D eigenvalue weighted by Crippen LogP contribution is -1.87. The van der Waals surface area contributed by atoms with Crippen molar-refractivity contribution in [2.24, 2.45) is 0 Å². The summed E-state index contributed by atoms with van der Waals surface area (Å²) in [6, 6.07) is 5.12. The van der Waals surface area contributed by atoms with Crippen molar-refractivity contribution in [3.05, 3.63) is 59.1 Å². The van der Waals surface area contributed by atoms with Gasteiger partial charge in [-0.2, -0.15) is 0 Å². The van der Waals surface area contributed by atoms with Crippen LogP contribution in [0.1, 0.15) is 11.1 Å². The number of aromatic nitrogens is 1. The lowest BCUT2D eigenvalue weighted by molar-refractivity contribution is 1.41. The molecule has 2 nitrogen and oxygen atoms in total. The molecule has 0 saturated heterocycles. The van der Waals surface area contributed by atoms with E-state index >= 15 is 0 Å². The van der Waals surface area contributed by atoms with Gasteiger partial charge in [0.05, 0.1) is 0 Å². The van der Waals surface area contributed by atoms with Gasteiger partial charge in [0.25, 0.3) is 5.82 Å². The summed E-state index contributed by atoms with van der Waals surface area (Å²) in [5.74, 6) is 0.346. The number of halogens is 1. The van der Waals surface area contributed by atoms with Crippen LogP contribution in [0.15, 0.2) is 22.7 Å². The third kappa shape index (κ3) is 1.62. The molecule has 0 aliphatic rings. The second-order valence-corrected chi connectivity index (χ2v) is 3.83. The lowest BCUT2D eigenvalue weighted by atomic mass is 10.1. The maximum absolute atomic E-state index is 6.86. The van der Waals surface area contributed by atoms with E-state index in [1.54, 1.807) is 18.2 Å². The van der Waals surface area contributed by atoms with Gasteiger partial charge in [0.1, 0.15) is 0 Å². The first kappa shape index (κ1) is 10.1. The molecule has 0 aliphatic carbocycles. The minimum Gasteiger partial charge on any atom is -0.361 e. The van der Waals surface area contributed by atoms with Gasteiger partial charge in [-0.25, -0.2) is 0 Å². The van der Waals surface area contributed by atoms with E-state index in [1.807, 2.05) is 0 Å². The van der Waals surface area contributed by atoms with Crippen molar-refractivity contribution in [2.45, 2.75) is 0 Å². The highest BCUT2D eigenvalue weighted by Crippen LogP contribution is 2.30. The first-order valence-corrected chi connectivity index (χ1v) is 4.94. The first-order valence-electron chi connectivity index (χ1n) is 4.15. The Labute approximate surface area is 96.9 Å². The third-order valence-corrected chi connectivity index (χ3v) is 2.96. The molecule has 0 bridgehead atoms. The molecule has 1 aromatic carbocycles. The van der Waals surface area contributed by atoms with E-state index in [1.165, 1.54) is 0 Å². The standard InChI is InChI=1S/C12H5BrN2/c1-7-6-10-9(12(13)8(7)2)4-5-11(14-3)15-10/h1-2,4-6H. The summed E-state index contributed by atoms with van der Waals surface area (Å²) in [4.78, 5) is 7.39. The van der Waals surface area contributed by atoms with E-state index in [9.17, 15) is 0 Å². The van der Waals surface area contributed by atoms with Crippen LogP contribution in [-0.2, 0) is 0 Å². The fraction of sp³-hybridized carbons (Fsp3) is 0. The quantitative estimate of drug-likeness (QED) is 0.658. The Morgan fingerprint density at radius 3 is 2.73 bits per heavy atom. The van der Waals surface area contributed by atoms with Crippen LogP contribution in [-0.4, -0.2) is 4.98 Å². The number of nitrogens with zero attached hydrogens (tertiary/aromatic N) is 2. The van der Waals surface area contributed by atoms with Crippen LogP contribution in [0.5, 0.6) is 0 Å². The highest BCUT2D eigenvalue weighted by molar-refractivity contribution is 9.10. The number of hydrogen-bond acceptors (Lipinski definition) is 1. The fourth-order valence-electron chi connectivity index (χ4n) is 1.32. The van der Waals surface area contributed by atoms with E-state index in [0.717, 1.165) is 9.86 Å². The summed E-state index contributed by atoms with van der Waals surface area (Å²) in [6.07, 6.45) is 0. The molecule has 0 spiro atoms. The van der Waals surface area contributed by atoms with Crippen LogP contribution in [0.3, 0.4) is 0 Å². The summed E-state index contributed by atoms with van der Waals surface area (Å²) in [5, 5.41) is 0.856. The van der Waals surface area contributed by atoms with Crippen LogP contribution < -0.4 is 0 Å². The van der Waals surface area contributed by atoms with Gasteiger partial charge in [-0.05, 0) is 46.1 Å². The largest absolute Gasteiger partial charge is 0.361 e. The molecule has 0 aliphatic heterocycles. The number of fused-ring (bicyclic) bond motifs is 1. The molecule has 1 aromatic heterocycles. The Kier molecular flexibility index (Phi) is 2.45. The zero-order valence-electron chi connectivity index (χ0n) is 7.66. The molecule has 0 unspecified atom stereocenters. The lowest BCUT2D eigenvalue weighted by Gasteiger charge is -2.04. The molecule has 0 fully saturated rings. The maximum Gasteiger partial charge on any atom is 0.270 e. The summed E-state index contributed by atoms with van der Waals surface area (Å²) in [5.41, 5.74) is 1.63. The molecule has 0 saturated carbocycles. The third-order valence-electron chi connectivity index (χ3n) is 2.10. The number of benzene rings is 1. The van der Waals surface area contributed by atoms with Crippen molar-refractivity contribution in [1.29, 1.82) is 0 Å². The van der Waals surface area contributed by atoms with Crippen molar-refractivity contribution in [3.8, 4) is 0 Å². The Morgan fingerprint density at radius 1 is 1.33 bits per heavy atom. The smallest absolute Gasteiger partial charge is 0.270 e. The second kappa shape index (κ2) is 3.63. The molecule has 70 valence electrons. The van der Waals surface area contributed by atoms with Crippen LogP contribution >= 0.6 is 15.9 Å². The van der Waals surface area contributed by atoms with Crippen molar-refractivity contribution in [3.63, 3.8) is 0 Å². The fourth-order valence-corrected chi connectivity index (χ4v) is 1.88. The molecule has 0 atom stereocenters. The van der Waals surface area contributed by atoms with E-state index in [2.05, 4.69) is 25.8 Å². The SMILES string of the molecule is [C-]#[N+]c1ccc2c(Br)c([CH])c([CH])cc2n1. The van der Waals surface area contributed by atoms with Gasteiger partial charge in [-0.3, -0.25) is 0 Å². The minimum absolute atomic E-state index is 0.346. The van der Waals surface area contributed by atoms with Crippen molar-refractivity contribution in [2.75, 3.05) is 0 Å². The van der Waals surface area contributed by atoms with Crippen LogP contribution in [0.2, 0.25) is 0 Å². The minimum atomic E-state index is 0.346. The van der Waals surface area contributed by atoms with Gasteiger partial charge in [-0.15, -0.1) is 4.98 Å². The molecule has 0 N–H and O–H groups in total. The van der Waals surface area contributed by atoms with Gasteiger partial charge >= 0.3 is 0 Å². The van der Waals surface area contributed by atoms with E-state index < -0.39 is 0 Å². The highest BCUT2D eigenvalue weighted by atomic mass is 79.9. The van der Waals surface area contributed by atoms with Crippen molar-refractivity contribution >= 4 is 32.7 Å². The molecule has 2 rings (SSSR count). The van der Waals surface area contributed by atoms with Gasteiger partial charge in [0, 0.05) is 16.8 Å². The topological polar surface area (TPSA) is 17.2 Å². The van der Waals surface area contributed by atoms with Crippen molar-refractivity contribution in [1.82, 2.24) is 4.98 Å². The van der Waals surface area contributed by atoms with Gasteiger partial charge in [0.2, 0.25) is 0 Å². The number of pyridine rings is 1. The first-order chi connectivity index (χ1) is 7.13.